The molecule has 1 unspecified atom stereocenters. The van der Waals surface area contributed by atoms with Gasteiger partial charge in [0.15, 0.2) is 0 Å². The predicted octanol–water partition coefficient (Wildman–Crippen LogP) is 4.70. The fourth-order valence-corrected chi connectivity index (χ4v) is 5.34. The largest absolute Gasteiger partial charge is 0.478 e. The Kier molecular flexibility index (Phi) is 5.30. The summed E-state index contributed by atoms with van der Waals surface area (Å²) in [4.78, 5) is 16.8. The third-order valence-electron chi connectivity index (χ3n) is 7.03. The molecule has 1 fully saturated rings. The van der Waals surface area contributed by atoms with E-state index in [2.05, 4.69) is 45.2 Å². The van der Waals surface area contributed by atoms with Crippen LogP contribution in [0.3, 0.4) is 0 Å². The summed E-state index contributed by atoms with van der Waals surface area (Å²) in [7, 11) is 1.86. The number of carboxylic acid groups (broad SMARTS) is 1. The van der Waals surface area contributed by atoms with E-state index in [-0.39, 0.29) is 11.6 Å². The molecule has 1 saturated heterocycles. The summed E-state index contributed by atoms with van der Waals surface area (Å²) in [5.74, 6) is -0.610. The van der Waals surface area contributed by atoms with Crippen LogP contribution in [-0.4, -0.2) is 48.8 Å². The number of carboxylic acids is 1. The number of aromatic carboxylic acids is 1. The van der Waals surface area contributed by atoms with Crippen molar-refractivity contribution in [2.24, 2.45) is 13.0 Å². The van der Waals surface area contributed by atoms with Crippen molar-refractivity contribution in [2.75, 3.05) is 13.2 Å². The minimum atomic E-state index is -0.944. The van der Waals surface area contributed by atoms with Crippen LogP contribution in [-0.2, 0) is 11.8 Å². The lowest BCUT2D eigenvalue weighted by molar-refractivity contribution is 0.0553. The van der Waals surface area contributed by atoms with Crippen LogP contribution in [0.2, 0.25) is 0 Å². The summed E-state index contributed by atoms with van der Waals surface area (Å²) in [5, 5.41) is 18.8. The maximum atomic E-state index is 11.9. The van der Waals surface area contributed by atoms with Crippen LogP contribution in [0.5, 0.6) is 0 Å². The number of ether oxygens (including phenoxy) is 1. The maximum Gasteiger partial charge on any atom is 0.335 e. The van der Waals surface area contributed by atoms with E-state index in [0.717, 1.165) is 59.2 Å². The van der Waals surface area contributed by atoms with Gasteiger partial charge in [-0.2, -0.15) is 0 Å². The number of aromatic nitrogens is 5. The van der Waals surface area contributed by atoms with E-state index < -0.39 is 5.97 Å². The third-order valence-corrected chi connectivity index (χ3v) is 7.03. The summed E-state index contributed by atoms with van der Waals surface area (Å²) in [6.45, 7) is 1.44. The first kappa shape index (κ1) is 21.5. The quantitative estimate of drug-likeness (QED) is 0.403. The fraction of sp³-hybridized carbons (Fsp3) is 0.259. The van der Waals surface area contributed by atoms with Crippen molar-refractivity contribution in [1.29, 1.82) is 0 Å². The van der Waals surface area contributed by atoms with Crippen LogP contribution < -0.4 is 0 Å². The molecule has 0 amide bonds. The molecule has 4 heterocycles. The average molecular weight is 468 g/mol. The molecule has 0 saturated carbocycles. The Hall–Kier alpha value is -4.04. The van der Waals surface area contributed by atoms with Crippen LogP contribution in [0.25, 0.3) is 33.2 Å². The number of hydrogen-bond donors (Lipinski definition) is 1. The number of rotatable bonds is 5. The Bertz CT molecular complexity index is 1530. The van der Waals surface area contributed by atoms with Gasteiger partial charge in [-0.1, -0.05) is 35.5 Å². The van der Waals surface area contributed by atoms with E-state index >= 15 is 0 Å². The van der Waals surface area contributed by atoms with E-state index in [1.54, 1.807) is 23.0 Å². The van der Waals surface area contributed by atoms with E-state index in [1.807, 2.05) is 25.4 Å². The summed E-state index contributed by atoms with van der Waals surface area (Å²) in [5.41, 5.74) is 5.90. The van der Waals surface area contributed by atoms with Gasteiger partial charge >= 0.3 is 5.97 Å². The minimum Gasteiger partial charge on any atom is -0.478 e. The number of carbonyl (C=O) groups is 1. The zero-order valence-electron chi connectivity index (χ0n) is 19.3. The van der Waals surface area contributed by atoms with Crippen molar-refractivity contribution in [3.05, 3.63) is 78.1 Å². The molecule has 3 aromatic heterocycles. The Morgan fingerprint density at radius 2 is 1.86 bits per heavy atom. The molecule has 0 spiro atoms. The van der Waals surface area contributed by atoms with Crippen molar-refractivity contribution in [2.45, 2.75) is 18.9 Å². The van der Waals surface area contributed by atoms with E-state index in [4.69, 9.17) is 9.72 Å². The second-order valence-electron chi connectivity index (χ2n) is 9.05. The van der Waals surface area contributed by atoms with Gasteiger partial charge in [0.05, 0.1) is 40.0 Å². The van der Waals surface area contributed by atoms with E-state index in [0.29, 0.717) is 5.92 Å². The molecule has 1 N–H and O–H groups in total. The summed E-state index contributed by atoms with van der Waals surface area (Å²) in [6.07, 6.45) is 5.42. The molecule has 176 valence electrons. The number of pyridine rings is 1. The highest BCUT2D eigenvalue weighted by Crippen LogP contribution is 2.41. The van der Waals surface area contributed by atoms with Crippen LogP contribution in [0, 0.1) is 5.92 Å². The number of hydrogen-bond acceptors (Lipinski definition) is 5. The number of nitrogens with zero attached hydrogens (tertiary/aromatic N) is 5. The zero-order chi connectivity index (χ0) is 23.9. The molecule has 8 nitrogen and oxygen atoms in total. The molecule has 1 atom stereocenters. The van der Waals surface area contributed by atoms with Crippen LogP contribution in [0.1, 0.15) is 34.8 Å². The second-order valence-corrected chi connectivity index (χ2v) is 9.05. The Labute approximate surface area is 201 Å². The van der Waals surface area contributed by atoms with E-state index in [1.165, 1.54) is 5.56 Å². The smallest absolute Gasteiger partial charge is 0.335 e. The lowest BCUT2D eigenvalue weighted by atomic mass is 9.86. The summed E-state index contributed by atoms with van der Waals surface area (Å²) >= 11 is 0. The third kappa shape index (κ3) is 3.66. The average Bonchev–Trinajstić information content (AvgIpc) is 3.46. The van der Waals surface area contributed by atoms with Crippen molar-refractivity contribution in [1.82, 2.24) is 24.5 Å². The Balaban J connectivity index is 1.68. The molecule has 6 rings (SSSR count). The van der Waals surface area contributed by atoms with Crippen molar-refractivity contribution >= 4 is 27.9 Å². The van der Waals surface area contributed by atoms with Gasteiger partial charge in [0, 0.05) is 37.4 Å². The van der Waals surface area contributed by atoms with Gasteiger partial charge in [0.1, 0.15) is 0 Å². The molecule has 1 aliphatic rings. The monoisotopic (exact) mass is 467 g/mol. The molecule has 8 heteroatoms. The van der Waals surface area contributed by atoms with E-state index in [9.17, 15) is 9.90 Å². The fourth-order valence-electron chi connectivity index (χ4n) is 5.34. The van der Waals surface area contributed by atoms with Gasteiger partial charge in [-0.3, -0.25) is 4.98 Å². The Morgan fingerprint density at radius 1 is 1.06 bits per heavy atom. The summed E-state index contributed by atoms with van der Waals surface area (Å²) < 4.78 is 9.72. The SMILES string of the molecule is Cn1nncc1-c1cnc2c3ccc(C(=O)O)cc3n(C(c3ccccc3)C3CCOCC3)c2c1. The van der Waals surface area contributed by atoms with Crippen molar-refractivity contribution in [3.63, 3.8) is 0 Å². The molecule has 2 aromatic carbocycles. The molecule has 35 heavy (non-hydrogen) atoms. The first-order valence-corrected chi connectivity index (χ1v) is 11.8. The van der Waals surface area contributed by atoms with Gasteiger partial charge < -0.3 is 14.4 Å². The Morgan fingerprint density at radius 3 is 2.57 bits per heavy atom. The number of aryl methyl sites for hydroxylation is 1. The summed E-state index contributed by atoms with van der Waals surface area (Å²) in [6, 6.07) is 17.9. The maximum absolute atomic E-state index is 11.9. The van der Waals surface area contributed by atoms with Gasteiger partial charge in [-0.25, -0.2) is 9.48 Å². The highest BCUT2D eigenvalue weighted by atomic mass is 16.5. The normalized spacial score (nSPS) is 15.6. The topological polar surface area (TPSA) is 95.1 Å². The lowest BCUT2D eigenvalue weighted by Crippen LogP contribution is -2.27. The molecular weight excluding hydrogens is 442 g/mol. The zero-order valence-corrected chi connectivity index (χ0v) is 19.3. The predicted molar refractivity (Wildman–Crippen MR) is 132 cm³/mol. The molecule has 1 aliphatic heterocycles. The highest BCUT2D eigenvalue weighted by molar-refractivity contribution is 6.08. The molecule has 5 aromatic rings. The molecule has 0 aliphatic carbocycles. The van der Waals surface area contributed by atoms with Crippen molar-refractivity contribution in [3.8, 4) is 11.3 Å². The standard InChI is InChI=1S/C27H25N5O3/c1-31-24(16-29-30-31)20-14-23-25(28-15-20)21-8-7-19(27(33)34)13-22(21)32(23)26(17-5-3-2-4-6-17)18-9-11-35-12-10-18/h2-8,13-16,18,26H,9-12H2,1H3,(H,33,34). The van der Waals surface area contributed by atoms with Gasteiger partial charge in [-0.15, -0.1) is 5.10 Å². The van der Waals surface area contributed by atoms with Crippen LogP contribution in [0.15, 0.2) is 67.0 Å². The van der Waals surface area contributed by atoms with Gasteiger partial charge in [-0.05, 0) is 48.6 Å². The lowest BCUT2D eigenvalue weighted by Gasteiger charge is -2.33. The number of benzene rings is 2. The first-order chi connectivity index (χ1) is 17.1. The first-order valence-electron chi connectivity index (χ1n) is 11.8. The number of fused-ring (bicyclic) bond motifs is 3. The highest BCUT2D eigenvalue weighted by Gasteiger charge is 2.30. The van der Waals surface area contributed by atoms with Crippen molar-refractivity contribution < 1.29 is 14.6 Å². The van der Waals surface area contributed by atoms with Gasteiger partial charge in [0.25, 0.3) is 0 Å². The van der Waals surface area contributed by atoms with Crippen LogP contribution >= 0.6 is 0 Å². The minimum absolute atomic E-state index is 0.00542. The van der Waals surface area contributed by atoms with Crippen LogP contribution in [0.4, 0.5) is 0 Å². The molecule has 0 radical (unpaired) electrons. The second kappa shape index (κ2) is 8.63. The molecular formula is C27H25N5O3. The molecule has 0 bridgehead atoms. The van der Waals surface area contributed by atoms with Gasteiger partial charge in [0.2, 0.25) is 0 Å².